The van der Waals surface area contributed by atoms with Crippen LogP contribution < -0.4 is 0 Å². The van der Waals surface area contributed by atoms with E-state index in [2.05, 4.69) is 9.72 Å². The van der Waals surface area contributed by atoms with Gasteiger partial charge in [-0.15, -0.1) is 0 Å². The lowest BCUT2D eigenvalue weighted by atomic mass is 10.1. The highest BCUT2D eigenvalue weighted by Crippen LogP contribution is 2.22. The highest BCUT2D eigenvalue weighted by molar-refractivity contribution is 5.89. The fourth-order valence-corrected chi connectivity index (χ4v) is 2.27. The summed E-state index contributed by atoms with van der Waals surface area (Å²) in [6, 6.07) is 16.2. The minimum Gasteiger partial charge on any atom is -0.506 e. The van der Waals surface area contributed by atoms with Crippen molar-refractivity contribution in [3.8, 4) is 5.75 Å². The van der Waals surface area contributed by atoms with Crippen LogP contribution in [-0.4, -0.2) is 23.2 Å². The summed E-state index contributed by atoms with van der Waals surface area (Å²) in [5.74, 6) is -0.188. The van der Waals surface area contributed by atoms with Gasteiger partial charge in [0.2, 0.25) is 0 Å². The van der Waals surface area contributed by atoms with Crippen molar-refractivity contribution in [3.63, 3.8) is 0 Å². The lowest BCUT2D eigenvalue weighted by Gasteiger charge is -2.02. The molecule has 0 aliphatic heterocycles. The molecule has 1 N–H and O–H groups in total. The van der Waals surface area contributed by atoms with Crippen LogP contribution in [0.5, 0.6) is 5.75 Å². The molecule has 1 heterocycles. The van der Waals surface area contributed by atoms with Gasteiger partial charge in [-0.1, -0.05) is 36.4 Å². The lowest BCUT2D eigenvalue weighted by Crippen LogP contribution is -2.00. The zero-order chi connectivity index (χ0) is 16.2. The van der Waals surface area contributed by atoms with Crippen molar-refractivity contribution in [1.29, 1.82) is 0 Å². The largest absolute Gasteiger partial charge is 0.506 e. The van der Waals surface area contributed by atoms with E-state index in [9.17, 15) is 9.90 Å². The van der Waals surface area contributed by atoms with E-state index in [0.29, 0.717) is 11.1 Å². The summed E-state index contributed by atoms with van der Waals surface area (Å²) >= 11 is 0. The summed E-state index contributed by atoms with van der Waals surface area (Å²) in [6.45, 7) is 0. The number of phenols is 1. The molecule has 0 aliphatic carbocycles. The maximum absolute atomic E-state index is 11.4. The molecular weight excluding hydrogens is 290 g/mol. The molecule has 4 heteroatoms. The summed E-state index contributed by atoms with van der Waals surface area (Å²) in [5.41, 5.74) is 2.78. The van der Waals surface area contributed by atoms with E-state index in [1.165, 1.54) is 7.11 Å². The van der Waals surface area contributed by atoms with Gasteiger partial charge in [-0.3, -0.25) is 0 Å². The van der Waals surface area contributed by atoms with Crippen LogP contribution in [-0.2, 0) is 4.74 Å². The van der Waals surface area contributed by atoms with E-state index in [-0.39, 0.29) is 11.7 Å². The number of hydrogen-bond acceptors (Lipinski definition) is 4. The molecule has 0 saturated heterocycles. The summed E-state index contributed by atoms with van der Waals surface area (Å²) in [7, 11) is 1.36. The summed E-state index contributed by atoms with van der Waals surface area (Å²) in [4.78, 5) is 15.8. The number of aromatic nitrogens is 1. The molecule has 0 radical (unpaired) electrons. The first kappa shape index (κ1) is 14.8. The summed E-state index contributed by atoms with van der Waals surface area (Å²) in [5, 5.41) is 10.7. The molecule has 3 aromatic rings. The van der Waals surface area contributed by atoms with Crippen LogP contribution in [0.25, 0.3) is 23.1 Å². The Balaban J connectivity index is 1.85. The van der Waals surface area contributed by atoms with Crippen LogP contribution in [0.2, 0.25) is 0 Å². The number of carbonyl (C=O) groups is 1. The second-order valence-electron chi connectivity index (χ2n) is 5.03. The molecular formula is C19H15NO3. The van der Waals surface area contributed by atoms with Crippen LogP contribution >= 0.6 is 0 Å². The Morgan fingerprint density at radius 2 is 1.83 bits per heavy atom. The number of nitrogens with zero attached hydrogens (tertiary/aromatic N) is 1. The second-order valence-corrected chi connectivity index (χ2v) is 5.03. The standard InChI is InChI=1S/C19H15NO3/c1-23-19(22)15-8-5-13(6-9-15)7-11-16-12-10-14-3-2-4-17(21)18(14)20-16/h2-12,21H,1H3. The number of benzene rings is 2. The van der Waals surface area contributed by atoms with Crippen molar-refractivity contribution < 1.29 is 14.6 Å². The summed E-state index contributed by atoms with van der Waals surface area (Å²) < 4.78 is 4.67. The highest BCUT2D eigenvalue weighted by Gasteiger charge is 2.03. The fraction of sp³-hybridized carbons (Fsp3) is 0.0526. The molecule has 0 fully saturated rings. The van der Waals surface area contributed by atoms with Gasteiger partial charge in [0.1, 0.15) is 11.3 Å². The van der Waals surface area contributed by atoms with Crippen molar-refractivity contribution in [3.05, 3.63) is 71.4 Å². The molecule has 23 heavy (non-hydrogen) atoms. The maximum Gasteiger partial charge on any atom is 0.337 e. The van der Waals surface area contributed by atoms with E-state index in [1.807, 2.05) is 42.5 Å². The Bertz CT molecular complexity index is 883. The SMILES string of the molecule is COC(=O)c1ccc(C=Cc2ccc3cccc(O)c3n2)cc1. The maximum atomic E-state index is 11.4. The van der Waals surface area contributed by atoms with Crippen molar-refractivity contribution in [1.82, 2.24) is 4.98 Å². The van der Waals surface area contributed by atoms with Crippen LogP contribution in [0.15, 0.2) is 54.6 Å². The first-order chi connectivity index (χ1) is 11.2. The van der Waals surface area contributed by atoms with Crippen LogP contribution in [0, 0.1) is 0 Å². The predicted molar refractivity (Wildman–Crippen MR) is 90.1 cm³/mol. The van der Waals surface area contributed by atoms with Crippen molar-refractivity contribution in [2.45, 2.75) is 0 Å². The van der Waals surface area contributed by atoms with E-state index in [4.69, 9.17) is 0 Å². The Morgan fingerprint density at radius 1 is 1.04 bits per heavy atom. The molecule has 1 aromatic heterocycles. The average molecular weight is 305 g/mol. The van der Waals surface area contributed by atoms with E-state index in [0.717, 1.165) is 16.6 Å². The van der Waals surface area contributed by atoms with Gasteiger partial charge < -0.3 is 9.84 Å². The number of ether oxygens (including phenoxy) is 1. The van der Waals surface area contributed by atoms with Crippen LogP contribution in [0.3, 0.4) is 0 Å². The molecule has 3 rings (SSSR count). The molecule has 0 atom stereocenters. The molecule has 0 unspecified atom stereocenters. The third kappa shape index (κ3) is 3.21. The van der Waals surface area contributed by atoms with E-state index in [1.54, 1.807) is 24.3 Å². The van der Waals surface area contributed by atoms with Crippen LogP contribution in [0.1, 0.15) is 21.6 Å². The number of rotatable bonds is 3. The highest BCUT2D eigenvalue weighted by atomic mass is 16.5. The zero-order valence-corrected chi connectivity index (χ0v) is 12.6. The fourth-order valence-electron chi connectivity index (χ4n) is 2.27. The van der Waals surface area contributed by atoms with Gasteiger partial charge >= 0.3 is 5.97 Å². The topological polar surface area (TPSA) is 59.4 Å². The Kier molecular flexibility index (Phi) is 4.06. The number of esters is 1. The number of aromatic hydroxyl groups is 1. The number of carbonyl (C=O) groups excluding carboxylic acids is 1. The van der Waals surface area contributed by atoms with E-state index >= 15 is 0 Å². The normalized spacial score (nSPS) is 11.0. The third-order valence-corrected chi connectivity index (χ3v) is 3.50. The van der Waals surface area contributed by atoms with Gasteiger partial charge in [0, 0.05) is 5.39 Å². The number of para-hydroxylation sites is 1. The quantitative estimate of drug-likeness (QED) is 0.746. The molecule has 2 aromatic carbocycles. The smallest absolute Gasteiger partial charge is 0.337 e. The number of methoxy groups -OCH3 is 1. The monoisotopic (exact) mass is 305 g/mol. The number of hydrogen-bond donors (Lipinski definition) is 1. The minimum absolute atomic E-state index is 0.167. The van der Waals surface area contributed by atoms with Crippen molar-refractivity contribution >= 4 is 29.0 Å². The number of pyridine rings is 1. The second kappa shape index (κ2) is 6.32. The van der Waals surface area contributed by atoms with Gasteiger partial charge in [-0.25, -0.2) is 9.78 Å². The van der Waals surface area contributed by atoms with Crippen molar-refractivity contribution in [2.24, 2.45) is 0 Å². The first-order valence-corrected chi connectivity index (χ1v) is 7.12. The average Bonchev–Trinajstić information content (AvgIpc) is 2.60. The van der Waals surface area contributed by atoms with Gasteiger partial charge in [0.05, 0.1) is 18.4 Å². The zero-order valence-electron chi connectivity index (χ0n) is 12.6. The van der Waals surface area contributed by atoms with Crippen molar-refractivity contribution in [2.75, 3.05) is 7.11 Å². The first-order valence-electron chi connectivity index (χ1n) is 7.12. The molecule has 4 nitrogen and oxygen atoms in total. The van der Waals surface area contributed by atoms with Crippen LogP contribution in [0.4, 0.5) is 0 Å². The third-order valence-electron chi connectivity index (χ3n) is 3.50. The number of fused-ring (bicyclic) bond motifs is 1. The summed E-state index contributed by atoms with van der Waals surface area (Å²) in [6.07, 6.45) is 3.76. The molecule has 0 amide bonds. The molecule has 0 aliphatic rings. The molecule has 0 spiro atoms. The Labute approximate surface area is 133 Å². The predicted octanol–water partition coefficient (Wildman–Crippen LogP) is 3.90. The molecule has 114 valence electrons. The van der Waals surface area contributed by atoms with Gasteiger partial charge in [0.25, 0.3) is 0 Å². The van der Waals surface area contributed by atoms with Gasteiger partial charge in [-0.2, -0.15) is 0 Å². The lowest BCUT2D eigenvalue weighted by molar-refractivity contribution is 0.0600. The minimum atomic E-state index is -0.354. The molecule has 0 bridgehead atoms. The van der Waals surface area contributed by atoms with E-state index < -0.39 is 0 Å². The van der Waals surface area contributed by atoms with Gasteiger partial charge in [0.15, 0.2) is 0 Å². The number of phenolic OH excluding ortho intramolecular Hbond substituents is 1. The Morgan fingerprint density at radius 3 is 2.57 bits per heavy atom. The van der Waals surface area contributed by atoms with Gasteiger partial charge in [-0.05, 0) is 35.9 Å². The Hall–Kier alpha value is -3.14. The molecule has 0 saturated carbocycles.